The molecule has 0 unspecified atom stereocenters. The number of benzene rings is 1. The van der Waals surface area contributed by atoms with Gasteiger partial charge in [-0.15, -0.1) is 13.0 Å². The molecule has 0 atom stereocenters. The minimum Gasteiger partial charge on any atom is -0.454 e. The lowest BCUT2D eigenvalue weighted by Crippen LogP contribution is -2.10. The Morgan fingerprint density at radius 2 is 2.06 bits per heavy atom. The summed E-state index contributed by atoms with van der Waals surface area (Å²) in [6, 6.07) is 3.55. The number of terminal acetylenes is 1. The molecule has 1 aromatic rings. The van der Waals surface area contributed by atoms with Gasteiger partial charge < -0.3 is 9.47 Å². The molecule has 1 aliphatic carbocycles. The maximum atomic E-state index is 11.9. The first-order valence-corrected chi connectivity index (χ1v) is 5.79. The summed E-state index contributed by atoms with van der Waals surface area (Å²) in [6.45, 7) is 4.04. The highest BCUT2D eigenvalue weighted by atomic mass is 16.7. The van der Waals surface area contributed by atoms with E-state index in [-0.39, 0.29) is 18.0 Å². The molecule has 90 valence electrons. The molecule has 0 radical (unpaired) electrons. The Balaban J connectivity index is 2.20. The van der Waals surface area contributed by atoms with Gasteiger partial charge in [0.25, 0.3) is 0 Å². The Labute approximate surface area is 105 Å². The third-order valence-corrected chi connectivity index (χ3v) is 3.60. The highest BCUT2D eigenvalue weighted by Gasteiger charge is 2.44. The molecule has 3 nitrogen and oxygen atoms in total. The molecule has 0 aromatic heterocycles. The number of hydrogen-bond acceptors (Lipinski definition) is 3. The van der Waals surface area contributed by atoms with Crippen LogP contribution in [0.3, 0.4) is 0 Å². The summed E-state index contributed by atoms with van der Waals surface area (Å²) in [4.78, 5) is 11.9. The van der Waals surface area contributed by atoms with Gasteiger partial charge in [-0.05, 0) is 36.5 Å². The maximum Gasteiger partial charge on any atom is 0.236 e. The van der Waals surface area contributed by atoms with Crippen molar-refractivity contribution >= 4 is 5.78 Å². The fourth-order valence-corrected chi connectivity index (χ4v) is 2.34. The molecule has 0 bridgehead atoms. The third kappa shape index (κ3) is 1.42. The standard InChI is InChI=1S/C15H12O3/c1-3-12(16)10-7-13-14(18-9-17-13)8-11(10)15(4-2)5-6-15/h1,4,7-8H,2,5-6,9H2. The SMILES string of the molecule is C#CC(=O)c1cc2c(cc1C1(C=C)CC1)OCO2. The monoisotopic (exact) mass is 240 g/mol. The average Bonchev–Trinajstić information content (AvgIpc) is 3.07. The molecule has 18 heavy (non-hydrogen) atoms. The molecule has 2 aliphatic rings. The van der Waals surface area contributed by atoms with E-state index in [0.717, 1.165) is 18.4 Å². The van der Waals surface area contributed by atoms with E-state index in [4.69, 9.17) is 15.9 Å². The van der Waals surface area contributed by atoms with Gasteiger partial charge in [0, 0.05) is 11.0 Å². The number of Topliss-reactive ketones (excluding diaryl/α,β-unsaturated/α-hetero) is 1. The Kier molecular flexibility index (Phi) is 2.21. The van der Waals surface area contributed by atoms with Crippen LogP contribution in [0.1, 0.15) is 28.8 Å². The second-order valence-electron chi connectivity index (χ2n) is 4.58. The van der Waals surface area contributed by atoms with Crippen LogP contribution in [0.4, 0.5) is 0 Å². The van der Waals surface area contributed by atoms with Crippen LogP contribution in [0.2, 0.25) is 0 Å². The van der Waals surface area contributed by atoms with Crippen LogP contribution < -0.4 is 9.47 Å². The highest BCUT2D eigenvalue weighted by molar-refractivity contribution is 6.10. The van der Waals surface area contributed by atoms with Crippen LogP contribution in [0, 0.1) is 12.3 Å². The summed E-state index contributed by atoms with van der Waals surface area (Å²) in [5.74, 6) is 3.10. The van der Waals surface area contributed by atoms with Gasteiger partial charge in [0.1, 0.15) is 0 Å². The van der Waals surface area contributed by atoms with E-state index in [1.165, 1.54) is 0 Å². The molecule has 3 rings (SSSR count). The quantitative estimate of drug-likeness (QED) is 0.352. The summed E-state index contributed by atoms with van der Waals surface area (Å²) in [5, 5.41) is 0. The number of ether oxygens (including phenoxy) is 2. The van der Waals surface area contributed by atoms with Crippen molar-refractivity contribution in [3.05, 3.63) is 35.9 Å². The predicted molar refractivity (Wildman–Crippen MR) is 66.8 cm³/mol. The Hall–Kier alpha value is -2.21. The van der Waals surface area contributed by atoms with Crippen LogP contribution in [-0.4, -0.2) is 12.6 Å². The number of carbonyl (C=O) groups excluding carboxylic acids is 1. The molecule has 0 N–H and O–H groups in total. The zero-order chi connectivity index (χ0) is 12.8. The van der Waals surface area contributed by atoms with Crippen LogP contribution in [0.15, 0.2) is 24.8 Å². The molecule has 3 heteroatoms. The van der Waals surface area contributed by atoms with Gasteiger partial charge in [-0.3, -0.25) is 4.79 Å². The smallest absolute Gasteiger partial charge is 0.236 e. The van der Waals surface area contributed by atoms with E-state index in [1.807, 2.05) is 12.1 Å². The van der Waals surface area contributed by atoms with E-state index in [1.54, 1.807) is 6.07 Å². The van der Waals surface area contributed by atoms with E-state index in [0.29, 0.717) is 17.1 Å². The van der Waals surface area contributed by atoms with Crippen molar-refractivity contribution in [2.45, 2.75) is 18.3 Å². The number of ketones is 1. The number of fused-ring (bicyclic) bond motifs is 1. The van der Waals surface area contributed by atoms with Gasteiger partial charge >= 0.3 is 0 Å². The van der Waals surface area contributed by atoms with Crippen LogP contribution in [-0.2, 0) is 5.41 Å². The number of allylic oxidation sites excluding steroid dienone is 1. The second-order valence-corrected chi connectivity index (χ2v) is 4.58. The van der Waals surface area contributed by atoms with Crippen molar-refractivity contribution in [2.75, 3.05) is 6.79 Å². The van der Waals surface area contributed by atoms with Crippen molar-refractivity contribution < 1.29 is 14.3 Å². The first kappa shape index (κ1) is 10.9. The topological polar surface area (TPSA) is 35.5 Å². The van der Waals surface area contributed by atoms with Crippen molar-refractivity contribution in [1.82, 2.24) is 0 Å². The highest BCUT2D eigenvalue weighted by Crippen LogP contribution is 2.52. The Morgan fingerprint density at radius 3 is 2.61 bits per heavy atom. The van der Waals surface area contributed by atoms with Gasteiger partial charge in [0.05, 0.1) is 0 Å². The van der Waals surface area contributed by atoms with Gasteiger partial charge in [-0.25, -0.2) is 0 Å². The zero-order valence-electron chi connectivity index (χ0n) is 9.86. The first-order chi connectivity index (χ1) is 8.70. The summed E-state index contributed by atoms with van der Waals surface area (Å²) < 4.78 is 10.6. The molecule has 0 amide bonds. The normalized spacial score (nSPS) is 17.9. The summed E-state index contributed by atoms with van der Waals surface area (Å²) >= 11 is 0. The van der Waals surface area contributed by atoms with Crippen LogP contribution in [0.5, 0.6) is 11.5 Å². The summed E-state index contributed by atoms with van der Waals surface area (Å²) in [6.07, 6.45) is 9.09. The largest absolute Gasteiger partial charge is 0.454 e. The molecular weight excluding hydrogens is 228 g/mol. The van der Waals surface area contributed by atoms with Crippen molar-refractivity contribution in [2.24, 2.45) is 0 Å². The minimum atomic E-state index is -0.323. The Bertz CT molecular complexity index is 588. The lowest BCUT2D eigenvalue weighted by atomic mass is 9.89. The molecule has 1 fully saturated rings. The van der Waals surface area contributed by atoms with Crippen LogP contribution in [0.25, 0.3) is 0 Å². The second kappa shape index (κ2) is 3.64. The average molecular weight is 240 g/mol. The van der Waals surface area contributed by atoms with Crippen molar-refractivity contribution in [1.29, 1.82) is 0 Å². The first-order valence-electron chi connectivity index (χ1n) is 5.79. The zero-order valence-corrected chi connectivity index (χ0v) is 9.86. The molecule has 1 aliphatic heterocycles. The molecule has 0 saturated heterocycles. The Morgan fingerprint density at radius 1 is 1.39 bits per heavy atom. The molecular formula is C15H12O3. The molecule has 1 saturated carbocycles. The number of hydrogen-bond donors (Lipinski definition) is 0. The van der Waals surface area contributed by atoms with Crippen molar-refractivity contribution in [3.8, 4) is 23.8 Å². The van der Waals surface area contributed by atoms with Gasteiger partial charge in [-0.2, -0.15) is 0 Å². The van der Waals surface area contributed by atoms with E-state index < -0.39 is 0 Å². The fraction of sp³-hybridized carbons (Fsp3) is 0.267. The number of rotatable bonds is 3. The lowest BCUT2D eigenvalue weighted by Gasteiger charge is -2.14. The molecule has 0 spiro atoms. The molecule has 1 heterocycles. The summed E-state index contributed by atoms with van der Waals surface area (Å²) in [7, 11) is 0. The van der Waals surface area contributed by atoms with Crippen molar-refractivity contribution in [3.63, 3.8) is 0 Å². The van der Waals surface area contributed by atoms with E-state index >= 15 is 0 Å². The maximum absolute atomic E-state index is 11.9. The summed E-state index contributed by atoms with van der Waals surface area (Å²) in [5.41, 5.74) is 1.31. The predicted octanol–water partition coefficient (Wildman–Crippen LogP) is 2.45. The van der Waals surface area contributed by atoms with Gasteiger partial charge in [0.15, 0.2) is 11.5 Å². The van der Waals surface area contributed by atoms with E-state index in [9.17, 15) is 4.79 Å². The number of carbonyl (C=O) groups is 1. The lowest BCUT2D eigenvalue weighted by molar-refractivity contribution is 0.105. The minimum absolute atomic E-state index is 0.122. The fourth-order valence-electron chi connectivity index (χ4n) is 2.34. The van der Waals surface area contributed by atoms with Gasteiger partial charge in [-0.1, -0.05) is 6.08 Å². The third-order valence-electron chi connectivity index (χ3n) is 3.60. The van der Waals surface area contributed by atoms with Crippen LogP contribution >= 0.6 is 0 Å². The van der Waals surface area contributed by atoms with Gasteiger partial charge in [0.2, 0.25) is 12.6 Å². The van der Waals surface area contributed by atoms with E-state index in [2.05, 4.69) is 12.5 Å². The molecule has 1 aromatic carbocycles.